The van der Waals surface area contributed by atoms with E-state index in [0.29, 0.717) is 30.3 Å². The van der Waals surface area contributed by atoms with Gasteiger partial charge in [-0.05, 0) is 50.7 Å². The fraction of sp³-hybridized carbons (Fsp3) is 0.435. The second-order valence-corrected chi connectivity index (χ2v) is 9.69. The quantitative estimate of drug-likeness (QED) is 0.481. The Morgan fingerprint density at radius 3 is 2.72 bits per heavy atom. The number of H-pyrrole nitrogens is 1. The maximum Gasteiger partial charge on any atom is 0.250 e. The molecule has 2 aromatic heterocycles. The lowest BCUT2D eigenvalue weighted by atomic mass is 9.85. The smallest absolute Gasteiger partial charge is 0.250 e. The average Bonchev–Trinajstić information content (AvgIpc) is 3.32. The maximum absolute atomic E-state index is 12.9. The van der Waals surface area contributed by atoms with Gasteiger partial charge in [0.1, 0.15) is 0 Å². The maximum atomic E-state index is 12.9. The van der Waals surface area contributed by atoms with Gasteiger partial charge in [-0.25, -0.2) is 4.98 Å². The Hall–Kier alpha value is -2.91. The van der Waals surface area contributed by atoms with Crippen molar-refractivity contribution in [2.24, 2.45) is 11.7 Å². The Morgan fingerprint density at radius 1 is 1.25 bits per heavy atom. The molecule has 1 aromatic carbocycles. The van der Waals surface area contributed by atoms with E-state index in [2.05, 4.69) is 15.3 Å². The number of aromatic nitrogens is 2. The molecule has 2 amide bonds. The SMILES string of the molecule is Cc1nc(N)sc1-c1ccc(C(N)=O)c2[nH]c3c(c12)CCC(C(=O)NC1CCOCC1)C3. The van der Waals surface area contributed by atoms with E-state index in [1.807, 2.05) is 13.0 Å². The van der Waals surface area contributed by atoms with Gasteiger partial charge >= 0.3 is 0 Å². The summed E-state index contributed by atoms with van der Waals surface area (Å²) in [5.74, 6) is -0.475. The molecule has 9 heteroatoms. The van der Waals surface area contributed by atoms with Gasteiger partial charge in [-0.1, -0.05) is 17.4 Å². The van der Waals surface area contributed by atoms with Crippen molar-refractivity contribution in [1.29, 1.82) is 0 Å². The van der Waals surface area contributed by atoms with Crippen LogP contribution in [0, 0.1) is 12.8 Å². The highest BCUT2D eigenvalue weighted by Gasteiger charge is 2.31. The van der Waals surface area contributed by atoms with E-state index in [1.165, 1.54) is 11.3 Å². The number of amides is 2. The number of ether oxygens (including phenoxy) is 1. The van der Waals surface area contributed by atoms with Crippen LogP contribution in [0.15, 0.2) is 12.1 Å². The number of nitrogens with zero attached hydrogens (tertiary/aromatic N) is 1. The first-order valence-corrected chi connectivity index (χ1v) is 11.8. The summed E-state index contributed by atoms with van der Waals surface area (Å²) >= 11 is 1.44. The molecule has 8 nitrogen and oxygen atoms in total. The topological polar surface area (TPSA) is 136 Å². The minimum absolute atomic E-state index is 0.0975. The lowest BCUT2D eigenvalue weighted by Crippen LogP contribution is -2.43. The molecule has 2 aliphatic rings. The van der Waals surface area contributed by atoms with E-state index in [-0.39, 0.29) is 17.9 Å². The van der Waals surface area contributed by atoms with Crippen molar-refractivity contribution in [2.45, 2.75) is 45.1 Å². The van der Waals surface area contributed by atoms with Gasteiger partial charge in [0.2, 0.25) is 5.91 Å². The summed E-state index contributed by atoms with van der Waals surface area (Å²) in [7, 11) is 0. The number of carbonyl (C=O) groups is 2. The van der Waals surface area contributed by atoms with Gasteiger partial charge in [-0.2, -0.15) is 0 Å². The first-order chi connectivity index (χ1) is 15.4. The zero-order valence-corrected chi connectivity index (χ0v) is 18.8. The van der Waals surface area contributed by atoms with Crippen molar-refractivity contribution < 1.29 is 14.3 Å². The highest BCUT2D eigenvalue weighted by Crippen LogP contribution is 2.42. The highest BCUT2D eigenvalue weighted by molar-refractivity contribution is 7.19. The van der Waals surface area contributed by atoms with Crippen LogP contribution in [-0.4, -0.2) is 41.0 Å². The number of nitrogens with one attached hydrogen (secondary N) is 2. The summed E-state index contributed by atoms with van der Waals surface area (Å²) in [4.78, 5) is 33.9. The summed E-state index contributed by atoms with van der Waals surface area (Å²) in [5.41, 5.74) is 16.8. The van der Waals surface area contributed by atoms with Gasteiger partial charge in [0, 0.05) is 41.8 Å². The van der Waals surface area contributed by atoms with Crippen LogP contribution in [-0.2, 0) is 22.4 Å². The molecule has 0 radical (unpaired) electrons. The Balaban J connectivity index is 1.52. The van der Waals surface area contributed by atoms with Gasteiger partial charge in [-0.15, -0.1) is 0 Å². The van der Waals surface area contributed by atoms with E-state index in [1.54, 1.807) is 6.07 Å². The van der Waals surface area contributed by atoms with Gasteiger partial charge in [0.15, 0.2) is 5.13 Å². The summed E-state index contributed by atoms with van der Waals surface area (Å²) in [6, 6.07) is 3.88. The largest absolute Gasteiger partial charge is 0.381 e. The number of nitrogen functional groups attached to an aromatic ring is 1. The first-order valence-electron chi connectivity index (χ1n) is 11.0. The number of carbonyl (C=O) groups excluding carboxylic acids is 2. The molecular weight excluding hydrogens is 426 g/mol. The number of benzene rings is 1. The number of thiazole rings is 1. The van der Waals surface area contributed by atoms with Crippen LogP contribution < -0.4 is 16.8 Å². The third kappa shape index (κ3) is 3.65. The molecule has 0 bridgehead atoms. The molecular formula is C23H27N5O3S. The van der Waals surface area contributed by atoms with Crippen LogP contribution >= 0.6 is 11.3 Å². The molecule has 1 aliphatic heterocycles. The van der Waals surface area contributed by atoms with Gasteiger partial charge < -0.3 is 26.5 Å². The number of aryl methyl sites for hydroxylation is 2. The lowest BCUT2D eigenvalue weighted by Gasteiger charge is -2.27. The zero-order valence-electron chi connectivity index (χ0n) is 18.0. The normalized spacial score (nSPS) is 19.1. The van der Waals surface area contributed by atoms with Crippen LogP contribution in [0.2, 0.25) is 0 Å². The van der Waals surface area contributed by atoms with E-state index in [0.717, 1.165) is 64.0 Å². The number of primary amides is 1. The number of rotatable bonds is 4. The second-order valence-electron chi connectivity index (χ2n) is 8.66. The Labute approximate surface area is 189 Å². The van der Waals surface area contributed by atoms with Crippen LogP contribution in [0.25, 0.3) is 21.3 Å². The van der Waals surface area contributed by atoms with Crippen molar-refractivity contribution in [3.63, 3.8) is 0 Å². The Morgan fingerprint density at radius 2 is 2.03 bits per heavy atom. The number of nitrogens with two attached hydrogens (primary N) is 2. The fourth-order valence-corrected chi connectivity index (χ4v) is 5.85. The van der Waals surface area contributed by atoms with E-state index in [9.17, 15) is 9.59 Å². The standard InChI is InChI=1S/C23H27N5O3S/c1-11-20(32-23(25)26-11)15-4-5-16(21(24)29)19-18(15)14-3-2-12(10-17(14)28-19)22(30)27-13-6-8-31-9-7-13/h4-5,12-13,28H,2-3,6-10H2,1H3,(H2,24,29)(H2,25,26)(H,27,30). The molecule has 6 N–H and O–H groups in total. The van der Waals surface area contributed by atoms with Gasteiger partial charge in [0.05, 0.1) is 21.7 Å². The van der Waals surface area contributed by atoms with Crippen molar-refractivity contribution >= 4 is 39.2 Å². The van der Waals surface area contributed by atoms with Crippen molar-refractivity contribution in [3.8, 4) is 10.4 Å². The molecule has 1 unspecified atom stereocenters. The Bertz CT molecular complexity index is 1210. The van der Waals surface area contributed by atoms with E-state index < -0.39 is 5.91 Å². The highest BCUT2D eigenvalue weighted by atomic mass is 32.1. The predicted molar refractivity (Wildman–Crippen MR) is 125 cm³/mol. The number of hydrogen-bond acceptors (Lipinski definition) is 6. The molecule has 1 fully saturated rings. The minimum Gasteiger partial charge on any atom is -0.381 e. The number of aromatic amines is 1. The third-order valence-electron chi connectivity index (χ3n) is 6.60. The summed E-state index contributed by atoms with van der Waals surface area (Å²) in [6.07, 6.45) is 3.85. The van der Waals surface area contributed by atoms with Crippen molar-refractivity contribution in [2.75, 3.05) is 18.9 Å². The monoisotopic (exact) mass is 453 g/mol. The minimum atomic E-state index is -0.477. The van der Waals surface area contributed by atoms with E-state index >= 15 is 0 Å². The van der Waals surface area contributed by atoms with Crippen LogP contribution in [0.1, 0.15) is 46.6 Å². The predicted octanol–water partition coefficient (Wildman–Crippen LogP) is 2.68. The second kappa shape index (κ2) is 8.22. The number of anilines is 1. The van der Waals surface area contributed by atoms with Crippen LogP contribution in [0.3, 0.4) is 0 Å². The van der Waals surface area contributed by atoms with E-state index in [4.69, 9.17) is 16.2 Å². The van der Waals surface area contributed by atoms with Gasteiger partial charge in [-0.3, -0.25) is 9.59 Å². The van der Waals surface area contributed by atoms with Gasteiger partial charge in [0.25, 0.3) is 5.91 Å². The van der Waals surface area contributed by atoms with Crippen molar-refractivity contribution in [3.05, 3.63) is 34.6 Å². The molecule has 3 aromatic rings. The summed E-state index contributed by atoms with van der Waals surface area (Å²) in [5, 5.41) is 4.71. The molecule has 0 saturated carbocycles. The number of hydrogen-bond donors (Lipinski definition) is 4. The average molecular weight is 454 g/mol. The molecule has 3 heterocycles. The summed E-state index contributed by atoms with van der Waals surface area (Å²) < 4.78 is 5.39. The van der Waals surface area contributed by atoms with Crippen molar-refractivity contribution in [1.82, 2.24) is 15.3 Å². The third-order valence-corrected chi connectivity index (χ3v) is 7.62. The zero-order chi connectivity index (χ0) is 22.4. The lowest BCUT2D eigenvalue weighted by molar-refractivity contribution is -0.126. The fourth-order valence-electron chi connectivity index (χ4n) is 4.99. The molecule has 0 spiro atoms. The molecule has 1 saturated heterocycles. The molecule has 32 heavy (non-hydrogen) atoms. The summed E-state index contributed by atoms with van der Waals surface area (Å²) in [6.45, 7) is 3.33. The molecule has 168 valence electrons. The Kier molecular flexibility index (Phi) is 5.38. The number of fused-ring (bicyclic) bond motifs is 3. The molecule has 1 aliphatic carbocycles. The molecule has 5 rings (SSSR count). The molecule has 1 atom stereocenters. The first kappa shape index (κ1) is 21.0. The van der Waals surface area contributed by atoms with Crippen LogP contribution in [0.4, 0.5) is 5.13 Å². The van der Waals surface area contributed by atoms with Crippen LogP contribution in [0.5, 0.6) is 0 Å².